The third-order valence-electron chi connectivity index (χ3n) is 20.0. The van der Waals surface area contributed by atoms with Gasteiger partial charge in [0.25, 0.3) is 0 Å². The van der Waals surface area contributed by atoms with Gasteiger partial charge in [-0.3, -0.25) is 4.79 Å². The molecule has 2 N–H and O–H groups in total. The van der Waals surface area contributed by atoms with E-state index in [0.717, 1.165) is 31.4 Å². The summed E-state index contributed by atoms with van der Waals surface area (Å²) >= 11 is 0. The number of hydrogen-bond donors (Lipinski definition) is 2. The summed E-state index contributed by atoms with van der Waals surface area (Å²) in [5.41, 5.74) is 3.72. The van der Waals surface area contributed by atoms with Crippen LogP contribution in [0.25, 0.3) is 0 Å². The highest BCUT2D eigenvalue weighted by molar-refractivity contribution is 7.91. The summed E-state index contributed by atoms with van der Waals surface area (Å²) in [5.74, 6) is 2.39. The predicted octanol–water partition coefficient (Wildman–Crippen LogP) is 11.4. The fourth-order valence-corrected chi connectivity index (χ4v) is 17.4. The van der Waals surface area contributed by atoms with Crippen LogP contribution in [0.15, 0.2) is 65.8 Å². The summed E-state index contributed by atoms with van der Waals surface area (Å²) in [6.07, 6.45) is 21.3. The number of rotatable bonds is 11. The van der Waals surface area contributed by atoms with Crippen LogP contribution in [-0.2, 0) is 26.0 Å². The summed E-state index contributed by atoms with van der Waals surface area (Å²) in [4.78, 5) is 13.4. The molecule has 8 rings (SSSR count). The van der Waals surface area contributed by atoms with Crippen LogP contribution in [0.1, 0.15) is 156 Å². The number of sulfone groups is 1. The van der Waals surface area contributed by atoms with Crippen molar-refractivity contribution in [2.45, 2.75) is 174 Å². The minimum absolute atomic E-state index is 0.0301. The molecule has 0 heterocycles. The van der Waals surface area contributed by atoms with E-state index in [2.05, 4.69) is 65.6 Å². The molecule has 10 atom stereocenters. The zero-order chi connectivity index (χ0) is 43.9. The van der Waals surface area contributed by atoms with Crippen molar-refractivity contribution in [1.29, 1.82) is 0 Å². The molecule has 0 aliphatic heterocycles. The lowest BCUT2D eigenvalue weighted by molar-refractivity contribution is -0.221. The molecule has 338 valence electrons. The Hall–Kier alpha value is -2.29. The number of alkyl halides is 1. The lowest BCUT2D eigenvalue weighted by Gasteiger charge is -2.72. The molecular weight excluding hydrogens is 782 g/mol. The Labute approximate surface area is 368 Å². The first-order valence-electron chi connectivity index (χ1n) is 24.2. The summed E-state index contributed by atoms with van der Waals surface area (Å²) in [5, 5.41) is 15.5. The van der Waals surface area contributed by atoms with Crippen LogP contribution >= 0.6 is 0 Å². The Morgan fingerprint density at radius 3 is 2.23 bits per heavy atom. The number of carbonyl (C=O) groups excluding carboxylic acids is 1. The zero-order valence-corrected chi connectivity index (χ0v) is 39.5. The molecule has 8 heteroatoms. The molecule has 61 heavy (non-hydrogen) atoms. The van der Waals surface area contributed by atoms with Gasteiger partial charge in [-0.2, -0.15) is 0 Å². The number of nitrogens with one attached hydrogen (secondary N) is 1. The van der Waals surface area contributed by atoms with Crippen LogP contribution in [0, 0.1) is 56.7 Å². The Kier molecular flexibility index (Phi) is 11.9. The number of carbonyl (C=O) groups is 1. The van der Waals surface area contributed by atoms with Gasteiger partial charge in [0.05, 0.1) is 16.3 Å². The molecule has 0 amide bonds. The van der Waals surface area contributed by atoms with Gasteiger partial charge in [0.15, 0.2) is 0 Å². The number of aliphatic hydroxyl groups is 1. The largest absolute Gasteiger partial charge is 0.460 e. The van der Waals surface area contributed by atoms with E-state index in [1.807, 2.05) is 30.3 Å². The first-order chi connectivity index (χ1) is 28.7. The molecule has 5 fully saturated rings. The van der Waals surface area contributed by atoms with Crippen molar-refractivity contribution in [3.05, 3.63) is 71.3 Å². The monoisotopic (exact) mass is 860 g/mol. The number of hydrogen-bond acceptors (Lipinski definition) is 6. The molecule has 0 radical (unpaired) electrons. The molecule has 7 aliphatic rings. The third kappa shape index (κ3) is 7.48. The number of allylic oxidation sites excluding steroid dienone is 5. The highest BCUT2D eigenvalue weighted by Crippen LogP contribution is 2.76. The Morgan fingerprint density at radius 2 is 1.59 bits per heavy atom. The van der Waals surface area contributed by atoms with Gasteiger partial charge >= 0.3 is 5.97 Å². The van der Waals surface area contributed by atoms with Gasteiger partial charge in [0.1, 0.15) is 23.1 Å². The van der Waals surface area contributed by atoms with Crippen LogP contribution in [0.2, 0.25) is 0 Å². The second kappa shape index (κ2) is 16.0. The topological polar surface area (TPSA) is 92.7 Å². The van der Waals surface area contributed by atoms with Gasteiger partial charge in [-0.1, -0.05) is 89.3 Å². The first kappa shape index (κ1) is 45.3. The molecule has 1 unspecified atom stereocenters. The first-order valence-corrected chi connectivity index (χ1v) is 26.1. The predicted molar refractivity (Wildman–Crippen MR) is 244 cm³/mol. The van der Waals surface area contributed by atoms with Crippen LogP contribution in [0.3, 0.4) is 0 Å². The maximum Gasteiger partial charge on any atom is 0.315 e. The van der Waals surface area contributed by atoms with E-state index in [4.69, 9.17) is 4.74 Å². The standard InChI is InChI=1S/C53H78FNO5S/c1-36(2)40-20-29-53(55-33-32-52(57)27-18-39(19-28-52)61(8,58)59)31-30-49(6)42(45(40)53)14-15-44-48(5)23-21-41(47(3,4)43(48)22-24-50(44,49)7)38-16-25-51(35-54,26-17-38)46(56)60-34-37-12-10-9-11-13-37/h9-13,16,21,39-40,42-45,55,57H,1,14-15,17-20,22-35H2,2-8H3/t39?,40-,42+,43-,44+,45+,48-,49+,50?,51-,52?,53-/m0/s1. The zero-order valence-electron chi connectivity index (χ0n) is 38.7. The number of fused-ring (bicyclic) bond motifs is 7. The maximum atomic E-state index is 14.8. The van der Waals surface area contributed by atoms with Crippen molar-refractivity contribution in [2.75, 3.05) is 19.5 Å². The Balaban J connectivity index is 0.987. The fourth-order valence-electron chi connectivity index (χ4n) is 16.3. The van der Waals surface area contributed by atoms with Crippen molar-refractivity contribution < 1.29 is 27.4 Å². The van der Waals surface area contributed by atoms with Gasteiger partial charge in [-0.05, 0) is 191 Å². The van der Waals surface area contributed by atoms with Crippen molar-refractivity contribution in [1.82, 2.24) is 5.32 Å². The number of ether oxygens (including phenoxy) is 1. The van der Waals surface area contributed by atoms with Crippen LogP contribution in [0.4, 0.5) is 4.39 Å². The smallest absolute Gasteiger partial charge is 0.315 e. The number of benzene rings is 1. The molecule has 1 aromatic carbocycles. The third-order valence-corrected chi connectivity index (χ3v) is 21.7. The van der Waals surface area contributed by atoms with Gasteiger partial charge in [-0.15, -0.1) is 0 Å². The van der Waals surface area contributed by atoms with Crippen LogP contribution in [0.5, 0.6) is 0 Å². The molecule has 0 bridgehead atoms. The van der Waals surface area contributed by atoms with Gasteiger partial charge < -0.3 is 15.2 Å². The Bertz CT molecular complexity index is 2020. The molecule has 7 aliphatic carbocycles. The molecule has 0 spiro atoms. The van der Waals surface area contributed by atoms with Gasteiger partial charge in [0, 0.05) is 11.8 Å². The van der Waals surface area contributed by atoms with E-state index in [-0.39, 0.29) is 39.1 Å². The minimum Gasteiger partial charge on any atom is -0.460 e. The Morgan fingerprint density at radius 1 is 0.869 bits per heavy atom. The molecule has 0 saturated heterocycles. The minimum atomic E-state index is -3.07. The highest BCUT2D eigenvalue weighted by atomic mass is 32.2. The molecular formula is C53H78FNO5S. The van der Waals surface area contributed by atoms with E-state index >= 15 is 0 Å². The number of halogens is 1. The SMILES string of the molecule is C=C(C)[C@@H]1CC[C@]2(NCCC3(O)CCC(S(C)(=O)=O)CC3)CC[C@]3(C)[C@H](CC[C@H]4C3(C)CC[C@H]3C(C)(C)C(C5=CC[C@](CF)(C(=O)OCc6ccccc6)CC5)=CC[C@@]34C)[C@@H]12. The fraction of sp³-hybridized carbons (Fsp3) is 0.755. The lowest BCUT2D eigenvalue weighted by Crippen LogP contribution is -2.68. The average Bonchev–Trinajstić information content (AvgIpc) is 3.60. The lowest BCUT2D eigenvalue weighted by atomic mass is 9.33. The molecule has 5 saturated carbocycles. The number of esters is 1. The average molecular weight is 860 g/mol. The summed E-state index contributed by atoms with van der Waals surface area (Å²) in [6.45, 7) is 20.1. The van der Waals surface area contributed by atoms with Gasteiger partial charge in [-0.25, -0.2) is 12.8 Å². The van der Waals surface area contributed by atoms with Crippen molar-refractivity contribution >= 4 is 15.8 Å². The quantitative estimate of drug-likeness (QED) is 0.170. The van der Waals surface area contributed by atoms with E-state index in [9.17, 15) is 22.7 Å². The van der Waals surface area contributed by atoms with Crippen LogP contribution < -0.4 is 5.32 Å². The summed E-state index contributed by atoms with van der Waals surface area (Å²) < 4.78 is 45.0. The second-order valence-electron chi connectivity index (χ2n) is 23.2. The van der Waals surface area contributed by atoms with E-state index in [1.165, 1.54) is 61.5 Å². The molecule has 0 aromatic heterocycles. The molecule has 6 nitrogen and oxygen atoms in total. The molecule has 1 aromatic rings. The maximum absolute atomic E-state index is 14.8. The van der Waals surface area contributed by atoms with Crippen molar-refractivity contribution in [3.63, 3.8) is 0 Å². The summed E-state index contributed by atoms with van der Waals surface area (Å²) in [7, 11) is -3.07. The highest BCUT2D eigenvalue weighted by Gasteiger charge is 2.70. The van der Waals surface area contributed by atoms with E-state index < -0.39 is 33.5 Å². The van der Waals surface area contributed by atoms with Crippen LogP contribution in [-0.4, -0.2) is 55.4 Å². The van der Waals surface area contributed by atoms with Crippen molar-refractivity contribution in [2.24, 2.45) is 56.7 Å². The van der Waals surface area contributed by atoms with E-state index in [1.54, 1.807) is 0 Å². The normalized spacial score (nSPS) is 43.1. The second-order valence-corrected chi connectivity index (χ2v) is 25.6. The van der Waals surface area contributed by atoms with E-state index in [0.29, 0.717) is 81.0 Å². The summed E-state index contributed by atoms with van der Waals surface area (Å²) in [6, 6.07) is 9.65. The van der Waals surface area contributed by atoms with Gasteiger partial charge in [0.2, 0.25) is 0 Å². The van der Waals surface area contributed by atoms with Crippen molar-refractivity contribution in [3.8, 4) is 0 Å².